The highest BCUT2D eigenvalue weighted by Crippen LogP contribution is 2.19. The van der Waals surface area contributed by atoms with E-state index < -0.39 is 5.91 Å². The fraction of sp³-hybridized carbons (Fsp3) is 0. The van der Waals surface area contributed by atoms with Gasteiger partial charge in [-0.05, 0) is 18.2 Å². The largest absolute Gasteiger partial charge is 0.397 e. The average Bonchev–Trinajstić information content (AvgIpc) is 2.42. The van der Waals surface area contributed by atoms with Gasteiger partial charge in [-0.1, -0.05) is 0 Å². The lowest BCUT2D eigenvalue weighted by atomic mass is 10.2. The molecule has 0 aliphatic rings. The smallest absolute Gasteiger partial charge is 0.275 e. The third kappa shape index (κ3) is 2.41. The van der Waals surface area contributed by atoms with Crippen LogP contribution in [0, 0.1) is 11.3 Å². The number of benzene rings is 1. The predicted octanol–water partition coefficient (Wildman–Crippen LogP) is 1.18. The number of carbonyl (C=O) groups excluding carboxylic acids is 1. The summed E-state index contributed by atoms with van der Waals surface area (Å²) >= 11 is 0. The number of nitrogens with two attached hydrogens (primary N) is 1. The number of nitrogens with one attached hydrogen (secondary N) is 1. The van der Waals surface area contributed by atoms with E-state index in [4.69, 9.17) is 11.0 Å². The molecule has 1 aromatic carbocycles. The van der Waals surface area contributed by atoms with Crippen LogP contribution in [0.1, 0.15) is 16.1 Å². The van der Waals surface area contributed by atoms with Gasteiger partial charge in [-0.2, -0.15) is 5.26 Å². The second-order valence-corrected chi connectivity index (χ2v) is 3.46. The Hall–Kier alpha value is -2.94. The fourth-order valence-electron chi connectivity index (χ4n) is 1.35. The van der Waals surface area contributed by atoms with Gasteiger partial charge >= 0.3 is 0 Å². The Morgan fingerprint density at radius 3 is 2.83 bits per heavy atom. The van der Waals surface area contributed by atoms with Crippen molar-refractivity contribution in [3.05, 3.63) is 48.0 Å². The number of anilines is 2. The number of nitriles is 1. The van der Waals surface area contributed by atoms with Crippen molar-refractivity contribution in [3.63, 3.8) is 0 Å². The van der Waals surface area contributed by atoms with Crippen molar-refractivity contribution in [2.45, 2.75) is 0 Å². The van der Waals surface area contributed by atoms with E-state index in [-0.39, 0.29) is 5.69 Å². The molecule has 6 nitrogen and oxygen atoms in total. The standard InChI is InChI=1S/C12H9N5O/c13-6-8-1-2-10(9(14)5-8)17-12(18)11-7-15-3-4-16-11/h1-5,7H,14H2,(H,17,18). The Morgan fingerprint density at radius 1 is 1.39 bits per heavy atom. The molecule has 88 valence electrons. The highest BCUT2D eigenvalue weighted by atomic mass is 16.1. The Labute approximate surface area is 103 Å². The second kappa shape index (κ2) is 4.93. The lowest BCUT2D eigenvalue weighted by Crippen LogP contribution is -2.14. The molecule has 0 unspecified atom stereocenters. The minimum atomic E-state index is -0.403. The SMILES string of the molecule is N#Cc1ccc(NC(=O)c2cnccn2)c(N)c1. The number of hydrogen-bond acceptors (Lipinski definition) is 5. The summed E-state index contributed by atoms with van der Waals surface area (Å²) in [6, 6.07) is 6.60. The van der Waals surface area contributed by atoms with Crippen molar-refractivity contribution < 1.29 is 4.79 Å². The summed E-state index contributed by atoms with van der Waals surface area (Å²) in [6.07, 6.45) is 4.26. The molecule has 0 fully saturated rings. The van der Waals surface area contributed by atoms with E-state index in [1.165, 1.54) is 24.7 Å². The first-order valence-corrected chi connectivity index (χ1v) is 5.07. The second-order valence-electron chi connectivity index (χ2n) is 3.46. The van der Waals surface area contributed by atoms with Crippen LogP contribution in [0.3, 0.4) is 0 Å². The summed E-state index contributed by atoms with van der Waals surface area (Å²) in [7, 11) is 0. The molecule has 1 aromatic heterocycles. The lowest BCUT2D eigenvalue weighted by Gasteiger charge is -2.07. The van der Waals surface area contributed by atoms with Gasteiger partial charge in [0, 0.05) is 12.4 Å². The minimum Gasteiger partial charge on any atom is -0.397 e. The van der Waals surface area contributed by atoms with Crippen LogP contribution < -0.4 is 11.1 Å². The van der Waals surface area contributed by atoms with E-state index in [2.05, 4.69) is 15.3 Å². The molecule has 0 saturated heterocycles. The zero-order chi connectivity index (χ0) is 13.0. The molecule has 0 radical (unpaired) electrons. The molecule has 2 rings (SSSR count). The van der Waals surface area contributed by atoms with Gasteiger partial charge < -0.3 is 11.1 Å². The van der Waals surface area contributed by atoms with Gasteiger partial charge in [0.05, 0.1) is 29.2 Å². The quantitative estimate of drug-likeness (QED) is 0.765. The molecular formula is C12H9N5O. The van der Waals surface area contributed by atoms with Crippen LogP contribution >= 0.6 is 0 Å². The molecule has 1 heterocycles. The summed E-state index contributed by atoms with van der Waals surface area (Å²) in [5.74, 6) is -0.403. The molecule has 18 heavy (non-hydrogen) atoms. The Morgan fingerprint density at radius 2 is 2.22 bits per heavy atom. The van der Waals surface area contributed by atoms with E-state index in [1.54, 1.807) is 12.1 Å². The van der Waals surface area contributed by atoms with Gasteiger partial charge in [-0.3, -0.25) is 9.78 Å². The normalized spacial score (nSPS) is 9.50. The molecule has 0 bridgehead atoms. The van der Waals surface area contributed by atoms with Crippen molar-refractivity contribution in [2.24, 2.45) is 0 Å². The maximum Gasteiger partial charge on any atom is 0.275 e. The number of hydrogen-bond donors (Lipinski definition) is 2. The third-order valence-electron chi connectivity index (χ3n) is 2.22. The first-order valence-electron chi connectivity index (χ1n) is 5.07. The minimum absolute atomic E-state index is 0.196. The van der Waals surface area contributed by atoms with E-state index in [1.807, 2.05) is 6.07 Å². The highest BCUT2D eigenvalue weighted by Gasteiger charge is 2.09. The van der Waals surface area contributed by atoms with Crippen molar-refractivity contribution in [1.82, 2.24) is 9.97 Å². The van der Waals surface area contributed by atoms with Crippen LogP contribution in [-0.2, 0) is 0 Å². The van der Waals surface area contributed by atoms with Crippen molar-refractivity contribution in [3.8, 4) is 6.07 Å². The van der Waals surface area contributed by atoms with Gasteiger partial charge in [-0.15, -0.1) is 0 Å². The van der Waals surface area contributed by atoms with E-state index >= 15 is 0 Å². The molecule has 1 amide bonds. The summed E-state index contributed by atoms with van der Waals surface area (Å²) in [5, 5.41) is 11.3. The Bertz CT molecular complexity index is 618. The topological polar surface area (TPSA) is 105 Å². The number of nitrogens with zero attached hydrogens (tertiary/aromatic N) is 3. The maximum absolute atomic E-state index is 11.8. The zero-order valence-electron chi connectivity index (χ0n) is 9.29. The summed E-state index contributed by atoms with van der Waals surface area (Å²) in [6.45, 7) is 0. The van der Waals surface area contributed by atoms with Gasteiger partial charge in [0.2, 0.25) is 0 Å². The molecular weight excluding hydrogens is 230 g/mol. The van der Waals surface area contributed by atoms with Crippen molar-refractivity contribution >= 4 is 17.3 Å². The van der Waals surface area contributed by atoms with Crippen molar-refractivity contribution in [2.75, 3.05) is 11.1 Å². The fourth-order valence-corrected chi connectivity index (χ4v) is 1.35. The first kappa shape index (κ1) is 11.5. The first-order chi connectivity index (χ1) is 8.70. The van der Waals surface area contributed by atoms with Crippen LogP contribution in [0.25, 0.3) is 0 Å². The number of carbonyl (C=O) groups is 1. The van der Waals surface area contributed by atoms with E-state index in [0.717, 1.165) is 0 Å². The molecule has 3 N–H and O–H groups in total. The molecule has 0 saturated carbocycles. The molecule has 2 aromatic rings. The van der Waals surface area contributed by atoms with Crippen LogP contribution in [0.15, 0.2) is 36.8 Å². The maximum atomic E-state index is 11.8. The monoisotopic (exact) mass is 239 g/mol. The van der Waals surface area contributed by atoms with Crippen LogP contribution in [-0.4, -0.2) is 15.9 Å². The molecule has 6 heteroatoms. The zero-order valence-corrected chi connectivity index (χ0v) is 9.29. The lowest BCUT2D eigenvalue weighted by molar-refractivity contribution is 0.102. The van der Waals surface area contributed by atoms with E-state index in [9.17, 15) is 4.79 Å². The van der Waals surface area contributed by atoms with Crippen LogP contribution in [0.5, 0.6) is 0 Å². The highest BCUT2D eigenvalue weighted by molar-refractivity contribution is 6.04. The number of nitrogen functional groups attached to an aromatic ring is 1. The van der Waals surface area contributed by atoms with E-state index in [0.29, 0.717) is 16.9 Å². The van der Waals surface area contributed by atoms with Gasteiger partial charge in [0.1, 0.15) is 5.69 Å². The van der Waals surface area contributed by atoms with Gasteiger partial charge in [0.15, 0.2) is 0 Å². The summed E-state index contributed by atoms with van der Waals surface area (Å²) in [4.78, 5) is 19.5. The summed E-state index contributed by atoms with van der Waals surface area (Å²) in [5.41, 5.74) is 7.11. The van der Waals surface area contributed by atoms with Crippen LogP contribution in [0.4, 0.5) is 11.4 Å². The number of amides is 1. The predicted molar refractivity (Wildman–Crippen MR) is 65.6 cm³/mol. The number of rotatable bonds is 2. The van der Waals surface area contributed by atoms with Crippen molar-refractivity contribution in [1.29, 1.82) is 5.26 Å². The Balaban J connectivity index is 2.20. The van der Waals surface area contributed by atoms with Gasteiger partial charge in [0.25, 0.3) is 5.91 Å². The molecule has 0 aliphatic carbocycles. The molecule has 0 spiro atoms. The number of aromatic nitrogens is 2. The van der Waals surface area contributed by atoms with Crippen LogP contribution in [0.2, 0.25) is 0 Å². The average molecular weight is 239 g/mol. The third-order valence-corrected chi connectivity index (χ3v) is 2.22. The molecule has 0 atom stereocenters. The van der Waals surface area contributed by atoms with Gasteiger partial charge in [-0.25, -0.2) is 4.98 Å². The molecule has 0 aliphatic heterocycles. The summed E-state index contributed by atoms with van der Waals surface area (Å²) < 4.78 is 0. The Kier molecular flexibility index (Phi) is 3.16.